The van der Waals surface area contributed by atoms with Crippen molar-refractivity contribution in [3.05, 3.63) is 57.2 Å². The zero-order chi connectivity index (χ0) is 36.1. The quantitative estimate of drug-likeness (QED) is 0.119. The van der Waals surface area contributed by atoms with Crippen molar-refractivity contribution in [2.75, 3.05) is 26.3 Å². The molecule has 0 radical (unpaired) electrons. The fourth-order valence-electron chi connectivity index (χ4n) is 8.59. The highest BCUT2D eigenvalue weighted by Gasteiger charge is 2.52. The second-order valence-corrected chi connectivity index (χ2v) is 15.0. The van der Waals surface area contributed by atoms with Gasteiger partial charge in [-0.25, -0.2) is 9.78 Å². The molecule has 2 aromatic rings. The number of rotatable bonds is 12. The number of aliphatic hydroxyl groups is 5. The van der Waals surface area contributed by atoms with E-state index in [0.717, 1.165) is 48.3 Å². The maximum Gasteiger partial charge on any atom is 0.226 e. The number of fused-ring (bicyclic) bond motifs is 3. The third-order valence-corrected chi connectivity index (χ3v) is 11.7. The molecule has 7 N–H and O–H groups in total. The smallest absolute Gasteiger partial charge is 0.226 e. The number of aryl methyl sites for hydroxylation is 1. The lowest BCUT2D eigenvalue weighted by Gasteiger charge is -2.43. The molecule has 4 aliphatic heterocycles. The summed E-state index contributed by atoms with van der Waals surface area (Å²) in [5.74, 6) is 1.26. The summed E-state index contributed by atoms with van der Waals surface area (Å²) >= 11 is 0. The SMILES string of the molecule is Cc1cc(=O)c2cc3c(c([NH+]4C=C5N=CC=C5C4)c2o1)O[C@](C)(CC[C@H]1CNC(=O)C12CCCCC2)[C@H](OOC[C@H](O)[C@@H](O)[C@H](O)[C@H](O)CO)C3. The predicted molar refractivity (Wildman–Crippen MR) is 183 cm³/mol. The maximum atomic E-state index is 13.4. The van der Waals surface area contributed by atoms with Gasteiger partial charge in [0.25, 0.3) is 0 Å². The monoisotopic (exact) mass is 710 g/mol. The number of benzene rings is 1. The second-order valence-electron chi connectivity index (χ2n) is 15.0. The van der Waals surface area contributed by atoms with Crippen LogP contribution < -0.4 is 20.4 Å². The van der Waals surface area contributed by atoms with Crippen molar-refractivity contribution in [1.29, 1.82) is 0 Å². The summed E-state index contributed by atoms with van der Waals surface area (Å²) in [7, 11) is 0. The first-order chi connectivity index (χ1) is 24.4. The van der Waals surface area contributed by atoms with Gasteiger partial charge in [0.05, 0.1) is 17.4 Å². The van der Waals surface area contributed by atoms with Crippen LogP contribution >= 0.6 is 0 Å². The summed E-state index contributed by atoms with van der Waals surface area (Å²) in [4.78, 5) is 43.5. The molecule has 1 saturated carbocycles. The Balaban J connectivity index is 1.22. The van der Waals surface area contributed by atoms with Gasteiger partial charge >= 0.3 is 0 Å². The molecule has 5 aliphatic rings. The number of quaternary nitrogens is 1. The van der Waals surface area contributed by atoms with Crippen LogP contribution in [0.25, 0.3) is 11.0 Å². The molecule has 1 unspecified atom stereocenters. The summed E-state index contributed by atoms with van der Waals surface area (Å²) in [6.45, 7) is 3.46. The van der Waals surface area contributed by atoms with Crippen molar-refractivity contribution in [3.63, 3.8) is 0 Å². The highest BCUT2D eigenvalue weighted by atomic mass is 17.2. The molecule has 276 valence electrons. The average Bonchev–Trinajstić information content (AvgIpc) is 3.81. The van der Waals surface area contributed by atoms with E-state index in [4.69, 9.17) is 24.0 Å². The van der Waals surface area contributed by atoms with E-state index in [2.05, 4.69) is 10.3 Å². The summed E-state index contributed by atoms with van der Waals surface area (Å²) < 4.78 is 13.3. The van der Waals surface area contributed by atoms with Crippen LogP contribution in [0.5, 0.6) is 5.75 Å². The van der Waals surface area contributed by atoms with Crippen LogP contribution in [-0.4, -0.2) is 100 Å². The number of hydrogen-bond donors (Lipinski definition) is 7. The zero-order valence-corrected chi connectivity index (χ0v) is 29.0. The van der Waals surface area contributed by atoms with E-state index in [0.29, 0.717) is 59.7 Å². The first-order valence-corrected chi connectivity index (χ1v) is 17.9. The molecule has 5 heterocycles. The number of allylic oxidation sites excluding steroid dienone is 1. The van der Waals surface area contributed by atoms with Crippen LogP contribution in [0.4, 0.5) is 5.69 Å². The number of hydrogen-bond acceptors (Lipinski definition) is 12. The molecule has 1 aromatic heterocycles. The first-order valence-electron chi connectivity index (χ1n) is 17.9. The molecular formula is C37H48N3O11+. The fraction of sp³-hybridized carbons (Fsp3) is 0.595. The minimum atomic E-state index is -1.82. The minimum Gasteiger partial charge on any atom is -0.478 e. The normalized spacial score (nSPS) is 28.8. The van der Waals surface area contributed by atoms with Gasteiger partial charge in [0, 0.05) is 36.4 Å². The van der Waals surface area contributed by atoms with E-state index >= 15 is 0 Å². The first kappa shape index (κ1) is 35.9. The lowest BCUT2D eigenvalue weighted by atomic mass is 9.65. The molecule has 1 amide bonds. The Bertz CT molecular complexity index is 1810. The van der Waals surface area contributed by atoms with Crippen molar-refractivity contribution in [1.82, 2.24) is 5.32 Å². The van der Waals surface area contributed by atoms with Crippen LogP contribution in [0.15, 0.2) is 49.9 Å². The van der Waals surface area contributed by atoms with Gasteiger partial charge in [0.15, 0.2) is 11.2 Å². The van der Waals surface area contributed by atoms with Gasteiger partial charge in [-0.3, -0.25) is 19.5 Å². The Labute approximate surface area is 294 Å². The number of aliphatic imine (C=N–C) groups is 1. The van der Waals surface area contributed by atoms with Crippen molar-refractivity contribution in [3.8, 4) is 5.75 Å². The molecule has 2 fully saturated rings. The van der Waals surface area contributed by atoms with Crippen LogP contribution in [0.3, 0.4) is 0 Å². The molecule has 1 aromatic carbocycles. The number of ether oxygens (including phenoxy) is 1. The molecule has 14 nitrogen and oxygen atoms in total. The summed E-state index contributed by atoms with van der Waals surface area (Å²) in [5, 5.41) is 53.3. The van der Waals surface area contributed by atoms with E-state index in [-0.39, 0.29) is 23.7 Å². The van der Waals surface area contributed by atoms with E-state index in [1.165, 1.54) is 6.07 Å². The predicted octanol–water partition coefficient (Wildman–Crippen LogP) is 0.407. The lowest BCUT2D eigenvalue weighted by Crippen LogP contribution is -3.01. The Morgan fingerprint density at radius 2 is 1.86 bits per heavy atom. The number of carbonyl (C=O) groups is 1. The summed E-state index contributed by atoms with van der Waals surface area (Å²) in [6.07, 6.45) is 4.26. The highest BCUT2D eigenvalue weighted by molar-refractivity contribution is 5.90. The van der Waals surface area contributed by atoms with Gasteiger partial charge < -0.3 is 40.0 Å². The molecule has 1 saturated heterocycles. The summed E-state index contributed by atoms with van der Waals surface area (Å²) in [6, 6.07) is 3.22. The van der Waals surface area contributed by atoms with Crippen LogP contribution in [-0.2, 0) is 21.0 Å². The van der Waals surface area contributed by atoms with E-state index in [1.807, 2.05) is 19.2 Å². The van der Waals surface area contributed by atoms with Crippen molar-refractivity contribution < 1.29 is 54.2 Å². The van der Waals surface area contributed by atoms with Crippen LogP contribution in [0.1, 0.15) is 63.2 Å². The standard InChI is InChI=1S/C37H47N3O11/c1-20-12-26(42)24-13-22-14-29(51-48-19-28(44)32(46)31(45)27(43)18-41)36(2,10-6-23-15-39-35(47)37(23)8-4-3-5-9-37)50-33(22)30(34(24)49-20)40-16-21-7-11-38-25(21)17-40/h7,11-13,17,23,27-29,31-32,41,43-46H,3-6,8-10,14-16,18-19H2,1-2H3,(H,39,47)/p+1/t23-,27+,28-,29+,31+,32+,36+/m0/s1. The van der Waals surface area contributed by atoms with Gasteiger partial charge in [-0.1, -0.05) is 19.3 Å². The molecule has 0 bridgehead atoms. The van der Waals surface area contributed by atoms with Crippen LogP contribution in [0.2, 0.25) is 0 Å². The van der Waals surface area contributed by atoms with Gasteiger partial charge in [-0.05, 0) is 57.6 Å². The molecule has 14 heteroatoms. The Hall–Kier alpha value is -3.47. The van der Waals surface area contributed by atoms with Crippen molar-refractivity contribution >= 4 is 28.8 Å². The molecular weight excluding hydrogens is 662 g/mol. The van der Waals surface area contributed by atoms with Gasteiger partial charge in [-0.15, -0.1) is 0 Å². The number of nitrogens with zero attached hydrogens (tertiary/aromatic N) is 1. The Morgan fingerprint density at radius 3 is 2.61 bits per heavy atom. The molecule has 7 rings (SSSR count). The molecule has 51 heavy (non-hydrogen) atoms. The highest BCUT2D eigenvalue weighted by Crippen LogP contribution is 2.50. The number of aliphatic hydroxyl groups excluding tert-OH is 5. The van der Waals surface area contributed by atoms with Crippen molar-refractivity contribution in [2.45, 2.75) is 101 Å². The van der Waals surface area contributed by atoms with Gasteiger partial charge in [0.1, 0.15) is 66.9 Å². The zero-order valence-electron chi connectivity index (χ0n) is 29.0. The second kappa shape index (κ2) is 14.2. The fourth-order valence-corrected chi connectivity index (χ4v) is 8.59. The topological polar surface area (TPSA) is 205 Å². The largest absolute Gasteiger partial charge is 0.478 e. The molecule has 8 atom stereocenters. The van der Waals surface area contributed by atoms with E-state index < -0.39 is 54.7 Å². The Kier molecular flexibility index (Phi) is 9.97. The third-order valence-electron chi connectivity index (χ3n) is 11.7. The Morgan fingerprint density at radius 1 is 1.10 bits per heavy atom. The number of carbonyl (C=O) groups excluding carboxylic acids is 1. The van der Waals surface area contributed by atoms with E-state index in [9.17, 15) is 30.0 Å². The van der Waals surface area contributed by atoms with Gasteiger partial charge in [-0.2, -0.15) is 0 Å². The molecule has 1 spiro atoms. The summed E-state index contributed by atoms with van der Waals surface area (Å²) in [5.41, 5.74) is 2.10. The minimum absolute atomic E-state index is 0.0972. The molecule has 1 aliphatic carbocycles. The van der Waals surface area contributed by atoms with Gasteiger partial charge in [0.2, 0.25) is 17.2 Å². The maximum absolute atomic E-state index is 13.4. The number of amides is 1. The van der Waals surface area contributed by atoms with Crippen LogP contribution in [0, 0.1) is 18.3 Å². The van der Waals surface area contributed by atoms with E-state index in [1.54, 1.807) is 19.2 Å². The average molecular weight is 711 g/mol. The third kappa shape index (κ3) is 6.57. The number of nitrogens with one attached hydrogen (secondary N) is 2. The van der Waals surface area contributed by atoms with Crippen molar-refractivity contribution in [2.24, 2.45) is 16.3 Å². The lowest BCUT2D eigenvalue weighted by molar-refractivity contribution is -0.763.